The molecule has 0 bridgehead atoms. The first-order valence-corrected chi connectivity index (χ1v) is 6.49. The number of aromatic nitrogens is 1. The number of fused-ring (bicyclic) bond motifs is 1. The lowest BCUT2D eigenvalue weighted by molar-refractivity contribution is 0.0745. The normalized spacial score (nSPS) is 14.1. The van der Waals surface area contributed by atoms with Crippen LogP contribution in [0.15, 0.2) is 47.8 Å². The van der Waals surface area contributed by atoms with Crippen LogP contribution in [0, 0.1) is 0 Å². The fourth-order valence-electron chi connectivity index (χ4n) is 2.37. The summed E-state index contributed by atoms with van der Waals surface area (Å²) < 4.78 is 0. The lowest BCUT2D eigenvalue weighted by atomic mass is 10.1. The lowest BCUT2D eigenvalue weighted by Crippen LogP contribution is -2.26. The monoisotopic (exact) mass is 282 g/mol. The van der Waals surface area contributed by atoms with Crippen LogP contribution in [0.1, 0.15) is 27.2 Å². The first-order chi connectivity index (χ1) is 10.2. The molecule has 3 N–H and O–H groups in total. The number of hydrogen-bond donors (Lipinski definition) is 2. The fraction of sp³-hybridized carbons (Fsp3) is 0.133. The van der Waals surface area contributed by atoms with Crippen molar-refractivity contribution in [2.24, 2.45) is 10.9 Å². The van der Waals surface area contributed by atoms with Crippen molar-refractivity contribution >= 4 is 11.7 Å². The van der Waals surface area contributed by atoms with Gasteiger partial charge in [0, 0.05) is 24.8 Å². The Kier molecular flexibility index (Phi) is 3.27. The van der Waals surface area contributed by atoms with Gasteiger partial charge >= 0.3 is 0 Å². The second-order valence-corrected chi connectivity index (χ2v) is 4.85. The van der Waals surface area contributed by atoms with Gasteiger partial charge in [0.1, 0.15) is 5.69 Å². The Morgan fingerprint density at radius 2 is 1.86 bits per heavy atom. The molecular weight excluding hydrogens is 268 g/mol. The van der Waals surface area contributed by atoms with Gasteiger partial charge in [-0.25, -0.2) is 0 Å². The summed E-state index contributed by atoms with van der Waals surface area (Å²) in [5.74, 6) is -0.160. The third-order valence-corrected chi connectivity index (χ3v) is 3.51. The molecule has 6 nitrogen and oxygen atoms in total. The van der Waals surface area contributed by atoms with E-state index in [2.05, 4.69) is 10.1 Å². The topological polar surface area (TPSA) is 91.8 Å². The Labute approximate surface area is 121 Å². The number of nitrogens with two attached hydrogens (primary N) is 1. The predicted octanol–water partition coefficient (Wildman–Crippen LogP) is 1.33. The number of carbonyl (C=O) groups is 1. The van der Waals surface area contributed by atoms with Crippen molar-refractivity contribution < 1.29 is 10.0 Å². The zero-order valence-corrected chi connectivity index (χ0v) is 11.2. The van der Waals surface area contributed by atoms with E-state index in [9.17, 15) is 4.79 Å². The summed E-state index contributed by atoms with van der Waals surface area (Å²) in [5.41, 5.74) is 8.61. The van der Waals surface area contributed by atoms with Crippen LogP contribution >= 0.6 is 0 Å². The summed E-state index contributed by atoms with van der Waals surface area (Å²) in [5, 5.41) is 11.5. The van der Waals surface area contributed by atoms with Crippen LogP contribution in [0.2, 0.25) is 0 Å². The van der Waals surface area contributed by atoms with Crippen molar-refractivity contribution in [3.05, 3.63) is 65.0 Å². The van der Waals surface area contributed by atoms with E-state index < -0.39 is 0 Å². The van der Waals surface area contributed by atoms with Gasteiger partial charge in [-0.1, -0.05) is 29.4 Å². The maximum absolute atomic E-state index is 12.4. The SMILES string of the molecule is NC(=NO)c1ccc(C(=O)N2Cc3ccccc3C2)nc1. The first-order valence-electron chi connectivity index (χ1n) is 6.49. The first kappa shape index (κ1) is 13.1. The Hall–Kier alpha value is -2.89. The molecule has 6 heteroatoms. The van der Waals surface area contributed by atoms with Gasteiger partial charge in [0.25, 0.3) is 5.91 Å². The lowest BCUT2D eigenvalue weighted by Gasteiger charge is -2.14. The van der Waals surface area contributed by atoms with Gasteiger partial charge in [-0.15, -0.1) is 0 Å². The number of amidine groups is 1. The molecule has 2 heterocycles. The number of carbonyl (C=O) groups excluding carboxylic acids is 1. The van der Waals surface area contributed by atoms with E-state index in [0.717, 1.165) is 0 Å². The summed E-state index contributed by atoms with van der Waals surface area (Å²) in [7, 11) is 0. The average Bonchev–Trinajstić information content (AvgIpc) is 2.97. The zero-order chi connectivity index (χ0) is 14.8. The summed E-state index contributed by atoms with van der Waals surface area (Å²) in [4.78, 5) is 18.3. The molecule has 1 amide bonds. The molecular formula is C15H14N4O2. The van der Waals surface area contributed by atoms with Gasteiger partial charge in [0.15, 0.2) is 5.84 Å². The molecule has 1 aliphatic heterocycles. The molecule has 0 spiro atoms. The highest BCUT2D eigenvalue weighted by atomic mass is 16.4. The van der Waals surface area contributed by atoms with Crippen LogP contribution in [-0.4, -0.2) is 26.8 Å². The molecule has 0 saturated carbocycles. The maximum atomic E-state index is 12.4. The van der Waals surface area contributed by atoms with E-state index in [1.165, 1.54) is 17.3 Å². The van der Waals surface area contributed by atoms with Gasteiger partial charge in [0.2, 0.25) is 0 Å². The Bertz CT molecular complexity index is 685. The quantitative estimate of drug-likeness (QED) is 0.376. The third kappa shape index (κ3) is 2.43. The Balaban J connectivity index is 1.78. The minimum atomic E-state index is -0.128. The Morgan fingerprint density at radius 1 is 1.19 bits per heavy atom. The molecule has 0 atom stereocenters. The van der Waals surface area contributed by atoms with E-state index in [0.29, 0.717) is 24.3 Å². The average molecular weight is 282 g/mol. The highest BCUT2D eigenvalue weighted by Gasteiger charge is 2.24. The Morgan fingerprint density at radius 3 is 2.38 bits per heavy atom. The molecule has 1 aromatic heterocycles. The number of benzene rings is 1. The zero-order valence-electron chi connectivity index (χ0n) is 11.2. The largest absolute Gasteiger partial charge is 0.409 e. The van der Waals surface area contributed by atoms with Gasteiger partial charge in [-0.05, 0) is 23.3 Å². The molecule has 0 aliphatic carbocycles. The molecule has 0 radical (unpaired) electrons. The van der Waals surface area contributed by atoms with Gasteiger partial charge in [0.05, 0.1) is 0 Å². The molecule has 0 unspecified atom stereocenters. The summed E-state index contributed by atoms with van der Waals surface area (Å²) in [6, 6.07) is 11.2. The number of nitrogens with zero attached hydrogens (tertiary/aromatic N) is 3. The van der Waals surface area contributed by atoms with Crippen LogP contribution in [0.5, 0.6) is 0 Å². The predicted molar refractivity (Wildman–Crippen MR) is 76.8 cm³/mol. The van der Waals surface area contributed by atoms with E-state index in [1.54, 1.807) is 17.0 Å². The third-order valence-electron chi connectivity index (χ3n) is 3.51. The van der Waals surface area contributed by atoms with Crippen LogP contribution < -0.4 is 5.73 Å². The van der Waals surface area contributed by atoms with E-state index in [4.69, 9.17) is 10.9 Å². The number of rotatable bonds is 2. The van der Waals surface area contributed by atoms with Crippen molar-refractivity contribution in [3.63, 3.8) is 0 Å². The number of amides is 1. The van der Waals surface area contributed by atoms with Gasteiger partial charge in [-0.3, -0.25) is 9.78 Å². The van der Waals surface area contributed by atoms with E-state index >= 15 is 0 Å². The highest BCUT2D eigenvalue weighted by molar-refractivity contribution is 5.98. The van der Waals surface area contributed by atoms with Crippen molar-refractivity contribution in [3.8, 4) is 0 Å². The maximum Gasteiger partial charge on any atom is 0.273 e. The van der Waals surface area contributed by atoms with Gasteiger partial charge in [-0.2, -0.15) is 0 Å². The molecule has 0 saturated heterocycles. The van der Waals surface area contributed by atoms with Gasteiger partial charge < -0.3 is 15.8 Å². The molecule has 106 valence electrons. The van der Waals surface area contributed by atoms with Crippen LogP contribution in [0.4, 0.5) is 0 Å². The van der Waals surface area contributed by atoms with Crippen LogP contribution in [0.3, 0.4) is 0 Å². The second-order valence-electron chi connectivity index (χ2n) is 4.85. The highest BCUT2D eigenvalue weighted by Crippen LogP contribution is 2.23. The molecule has 0 fully saturated rings. The van der Waals surface area contributed by atoms with E-state index in [-0.39, 0.29) is 11.7 Å². The molecule has 2 aromatic rings. The van der Waals surface area contributed by atoms with Crippen molar-refractivity contribution in [1.29, 1.82) is 0 Å². The standard InChI is InChI=1S/C15H14N4O2/c16-14(18-21)10-5-6-13(17-7-10)15(20)19-8-11-3-1-2-4-12(11)9-19/h1-7,21H,8-9H2,(H2,16,18). The minimum Gasteiger partial charge on any atom is -0.409 e. The molecule has 1 aliphatic rings. The van der Waals surface area contributed by atoms with Crippen LogP contribution in [-0.2, 0) is 13.1 Å². The fourth-order valence-corrected chi connectivity index (χ4v) is 2.37. The number of oxime groups is 1. The molecule has 21 heavy (non-hydrogen) atoms. The second kappa shape index (κ2) is 5.24. The van der Waals surface area contributed by atoms with Crippen molar-refractivity contribution in [2.45, 2.75) is 13.1 Å². The van der Waals surface area contributed by atoms with E-state index in [1.807, 2.05) is 24.3 Å². The molecule has 1 aromatic carbocycles. The summed E-state index contributed by atoms with van der Waals surface area (Å²) in [6.07, 6.45) is 1.42. The van der Waals surface area contributed by atoms with Crippen molar-refractivity contribution in [1.82, 2.24) is 9.88 Å². The summed E-state index contributed by atoms with van der Waals surface area (Å²) in [6.45, 7) is 1.19. The minimum absolute atomic E-state index is 0.0323. The van der Waals surface area contributed by atoms with Crippen LogP contribution in [0.25, 0.3) is 0 Å². The number of pyridine rings is 1. The summed E-state index contributed by atoms with van der Waals surface area (Å²) >= 11 is 0. The van der Waals surface area contributed by atoms with Crippen molar-refractivity contribution in [2.75, 3.05) is 0 Å². The number of hydrogen-bond acceptors (Lipinski definition) is 4. The smallest absolute Gasteiger partial charge is 0.273 e. The molecule has 3 rings (SSSR count).